The number of hydrogen-bond acceptors (Lipinski definition) is 2. The van der Waals surface area contributed by atoms with Gasteiger partial charge in [0, 0.05) is 13.0 Å². The second-order valence-corrected chi connectivity index (χ2v) is 7.67. The Morgan fingerprint density at radius 3 is 2.07 bits per heavy atom. The quantitative estimate of drug-likeness (QED) is 0.460. The Labute approximate surface area is 163 Å². The standard InChI is InChI=1S/C25H33NO/c1-3-5-15-26(16-6-4-2)19-22(27)18-21-17-20-11-7-8-12-23(20)25-14-10-9-13-24(21)25/h7-14,17,22,27H,3-6,15-16,18-19H2,1-2H3/t22-/m0/s1. The van der Waals surface area contributed by atoms with E-state index in [0.29, 0.717) is 6.42 Å². The Kier molecular flexibility index (Phi) is 7.25. The van der Waals surface area contributed by atoms with Crippen LogP contribution in [0.15, 0.2) is 54.6 Å². The summed E-state index contributed by atoms with van der Waals surface area (Å²) in [6, 6.07) is 19.4. The molecule has 2 heteroatoms. The molecule has 0 aliphatic rings. The van der Waals surface area contributed by atoms with Crippen LogP contribution in [0.2, 0.25) is 0 Å². The van der Waals surface area contributed by atoms with Crippen molar-refractivity contribution < 1.29 is 5.11 Å². The van der Waals surface area contributed by atoms with Crippen molar-refractivity contribution in [3.8, 4) is 0 Å². The molecule has 1 atom stereocenters. The Morgan fingerprint density at radius 1 is 0.815 bits per heavy atom. The van der Waals surface area contributed by atoms with Crippen LogP contribution in [0.25, 0.3) is 21.5 Å². The van der Waals surface area contributed by atoms with Crippen LogP contribution in [0.4, 0.5) is 0 Å². The van der Waals surface area contributed by atoms with Gasteiger partial charge in [-0.05, 0) is 53.0 Å². The van der Waals surface area contributed by atoms with E-state index in [1.165, 1.54) is 52.8 Å². The largest absolute Gasteiger partial charge is 0.391 e. The predicted molar refractivity (Wildman–Crippen MR) is 117 cm³/mol. The van der Waals surface area contributed by atoms with E-state index in [-0.39, 0.29) is 6.10 Å². The minimum atomic E-state index is -0.330. The van der Waals surface area contributed by atoms with Gasteiger partial charge in [-0.3, -0.25) is 0 Å². The number of aliphatic hydroxyl groups excluding tert-OH is 1. The molecule has 0 saturated heterocycles. The van der Waals surface area contributed by atoms with Gasteiger partial charge < -0.3 is 10.0 Å². The molecule has 3 aromatic rings. The van der Waals surface area contributed by atoms with Gasteiger partial charge in [0.15, 0.2) is 0 Å². The summed E-state index contributed by atoms with van der Waals surface area (Å²) >= 11 is 0. The van der Waals surface area contributed by atoms with E-state index < -0.39 is 0 Å². The third-order valence-electron chi connectivity index (χ3n) is 5.43. The molecule has 1 N–H and O–H groups in total. The summed E-state index contributed by atoms with van der Waals surface area (Å²) in [4.78, 5) is 2.45. The van der Waals surface area contributed by atoms with E-state index in [9.17, 15) is 5.11 Å². The van der Waals surface area contributed by atoms with Crippen molar-refractivity contribution in [3.63, 3.8) is 0 Å². The highest BCUT2D eigenvalue weighted by Gasteiger charge is 2.14. The van der Waals surface area contributed by atoms with Crippen LogP contribution in [0.1, 0.15) is 45.1 Å². The van der Waals surface area contributed by atoms with Crippen molar-refractivity contribution in [1.82, 2.24) is 4.90 Å². The van der Waals surface area contributed by atoms with E-state index >= 15 is 0 Å². The monoisotopic (exact) mass is 363 g/mol. The lowest BCUT2D eigenvalue weighted by Crippen LogP contribution is -2.35. The van der Waals surface area contributed by atoms with Crippen LogP contribution in [0, 0.1) is 0 Å². The van der Waals surface area contributed by atoms with Gasteiger partial charge in [0.1, 0.15) is 0 Å². The number of benzene rings is 3. The lowest BCUT2D eigenvalue weighted by Gasteiger charge is -2.25. The number of unbranched alkanes of at least 4 members (excludes halogenated alkanes) is 2. The molecule has 3 rings (SSSR count). The summed E-state index contributed by atoms with van der Waals surface area (Å²) in [7, 11) is 0. The van der Waals surface area contributed by atoms with Gasteiger partial charge in [0.05, 0.1) is 6.10 Å². The van der Waals surface area contributed by atoms with Gasteiger partial charge in [-0.25, -0.2) is 0 Å². The zero-order valence-corrected chi connectivity index (χ0v) is 16.8. The maximum Gasteiger partial charge on any atom is 0.0707 e. The fourth-order valence-electron chi connectivity index (χ4n) is 3.97. The van der Waals surface area contributed by atoms with E-state index in [4.69, 9.17) is 0 Å². The van der Waals surface area contributed by atoms with Gasteiger partial charge in [-0.1, -0.05) is 81.3 Å². The average Bonchev–Trinajstić information content (AvgIpc) is 2.70. The van der Waals surface area contributed by atoms with E-state index in [2.05, 4.69) is 73.3 Å². The highest BCUT2D eigenvalue weighted by molar-refractivity contribution is 6.08. The van der Waals surface area contributed by atoms with Crippen LogP contribution in [0.5, 0.6) is 0 Å². The van der Waals surface area contributed by atoms with E-state index in [1.807, 2.05) is 0 Å². The molecule has 0 bridgehead atoms. The van der Waals surface area contributed by atoms with Crippen LogP contribution >= 0.6 is 0 Å². The third kappa shape index (κ3) is 5.09. The molecule has 0 aromatic heterocycles. The van der Waals surface area contributed by atoms with Crippen molar-refractivity contribution >= 4 is 21.5 Å². The molecular weight excluding hydrogens is 330 g/mol. The molecule has 0 spiro atoms. The van der Waals surface area contributed by atoms with Gasteiger partial charge in [0.2, 0.25) is 0 Å². The fraction of sp³-hybridized carbons (Fsp3) is 0.440. The molecule has 3 aromatic carbocycles. The first kappa shape index (κ1) is 19.9. The van der Waals surface area contributed by atoms with Crippen LogP contribution in [-0.2, 0) is 6.42 Å². The number of nitrogens with zero attached hydrogens (tertiary/aromatic N) is 1. The summed E-state index contributed by atoms with van der Waals surface area (Å²) < 4.78 is 0. The third-order valence-corrected chi connectivity index (χ3v) is 5.43. The molecule has 0 aliphatic heterocycles. The van der Waals surface area contributed by atoms with E-state index in [1.54, 1.807) is 0 Å². The van der Waals surface area contributed by atoms with E-state index in [0.717, 1.165) is 19.6 Å². The normalized spacial score (nSPS) is 12.9. The van der Waals surface area contributed by atoms with Gasteiger partial charge in [-0.2, -0.15) is 0 Å². The minimum absolute atomic E-state index is 0.330. The lowest BCUT2D eigenvalue weighted by molar-refractivity contribution is 0.111. The molecule has 0 fully saturated rings. The van der Waals surface area contributed by atoms with Crippen LogP contribution < -0.4 is 0 Å². The summed E-state index contributed by atoms with van der Waals surface area (Å²) in [5.74, 6) is 0. The highest BCUT2D eigenvalue weighted by atomic mass is 16.3. The first-order chi connectivity index (χ1) is 13.2. The second kappa shape index (κ2) is 9.87. The smallest absolute Gasteiger partial charge is 0.0707 e. The van der Waals surface area contributed by atoms with Crippen molar-refractivity contribution in [2.24, 2.45) is 0 Å². The summed E-state index contributed by atoms with van der Waals surface area (Å²) in [5, 5.41) is 16.0. The van der Waals surface area contributed by atoms with Crippen LogP contribution in [0.3, 0.4) is 0 Å². The Morgan fingerprint density at radius 2 is 1.41 bits per heavy atom. The average molecular weight is 364 g/mol. The molecular formula is C25H33NO. The molecule has 0 unspecified atom stereocenters. The molecule has 144 valence electrons. The number of rotatable bonds is 10. The molecule has 0 amide bonds. The first-order valence-electron chi connectivity index (χ1n) is 10.5. The SMILES string of the molecule is CCCCN(CCCC)C[C@@H](O)Cc1cc2ccccc2c2ccccc12. The summed E-state index contributed by atoms with van der Waals surface area (Å²) in [6.45, 7) is 7.41. The lowest BCUT2D eigenvalue weighted by atomic mass is 9.94. The maximum atomic E-state index is 10.9. The fourth-order valence-corrected chi connectivity index (χ4v) is 3.97. The number of aliphatic hydroxyl groups is 1. The molecule has 0 saturated carbocycles. The van der Waals surface area contributed by atoms with Crippen molar-refractivity contribution in [1.29, 1.82) is 0 Å². The van der Waals surface area contributed by atoms with Gasteiger partial charge in [-0.15, -0.1) is 0 Å². The number of fused-ring (bicyclic) bond motifs is 3. The summed E-state index contributed by atoms with van der Waals surface area (Å²) in [5.41, 5.74) is 1.25. The second-order valence-electron chi connectivity index (χ2n) is 7.67. The zero-order chi connectivity index (χ0) is 19.1. The zero-order valence-electron chi connectivity index (χ0n) is 16.8. The highest BCUT2D eigenvalue weighted by Crippen LogP contribution is 2.29. The number of hydrogen-bond donors (Lipinski definition) is 1. The Hall–Kier alpha value is -1.90. The van der Waals surface area contributed by atoms with Crippen LogP contribution in [-0.4, -0.2) is 35.7 Å². The molecule has 2 nitrogen and oxygen atoms in total. The first-order valence-corrected chi connectivity index (χ1v) is 10.5. The molecule has 27 heavy (non-hydrogen) atoms. The molecule has 0 aliphatic carbocycles. The van der Waals surface area contributed by atoms with Gasteiger partial charge in [0.25, 0.3) is 0 Å². The maximum absolute atomic E-state index is 10.9. The topological polar surface area (TPSA) is 23.5 Å². The van der Waals surface area contributed by atoms with Gasteiger partial charge >= 0.3 is 0 Å². The van der Waals surface area contributed by atoms with Crippen molar-refractivity contribution in [2.75, 3.05) is 19.6 Å². The van der Waals surface area contributed by atoms with Crippen molar-refractivity contribution in [3.05, 3.63) is 60.2 Å². The molecule has 0 heterocycles. The van der Waals surface area contributed by atoms with Crippen molar-refractivity contribution in [2.45, 2.75) is 52.1 Å². The predicted octanol–water partition coefficient (Wildman–Crippen LogP) is 5.80. The Bertz CT molecular complexity index is 849. The minimum Gasteiger partial charge on any atom is -0.391 e. The summed E-state index contributed by atoms with van der Waals surface area (Å²) in [6.07, 6.45) is 5.19. The Balaban J connectivity index is 1.81. The molecule has 0 radical (unpaired) electrons.